The fourth-order valence-electron chi connectivity index (χ4n) is 4.68. The van der Waals surface area contributed by atoms with Crippen molar-refractivity contribution in [1.82, 2.24) is 9.62 Å². The lowest BCUT2D eigenvalue weighted by molar-refractivity contribution is -0.136. The number of likely N-dealkylation sites (tertiary alicyclic amines) is 1. The van der Waals surface area contributed by atoms with Gasteiger partial charge in [0.2, 0.25) is 15.9 Å². The molecule has 168 valence electrons. The Balaban J connectivity index is 1.59. The van der Waals surface area contributed by atoms with Crippen LogP contribution in [-0.2, 0) is 19.6 Å². The number of nitrogens with one attached hydrogen (secondary N) is 1. The van der Waals surface area contributed by atoms with Crippen molar-refractivity contribution in [2.75, 3.05) is 19.4 Å². The Morgan fingerprint density at radius 2 is 1.90 bits per heavy atom. The number of ether oxygens (including phenoxy) is 1. The summed E-state index contributed by atoms with van der Waals surface area (Å²) in [7, 11) is -3.40. The topological polar surface area (TPSA) is 75.7 Å². The molecule has 1 heterocycles. The van der Waals surface area contributed by atoms with Crippen LogP contribution in [0.15, 0.2) is 18.2 Å². The number of carbonyl (C=O) groups excluding carboxylic acids is 1. The molecule has 1 amide bonds. The van der Waals surface area contributed by atoms with Gasteiger partial charge in [0.25, 0.3) is 0 Å². The van der Waals surface area contributed by atoms with Gasteiger partial charge >= 0.3 is 0 Å². The predicted octanol–water partition coefficient (Wildman–Crippen LogP) is 2.94. The molecule has 1 saturated heterocycles. The Bertz CT molecular complexity index is 857. The van der Waals surface area contributed by atoms with Crippen LogP contribution < -0.4 is 4.72 Å². The quantitative estimate of drug-likeness (QED) is 0.732. The van der Waals surface area contributed by atoms with Crippen molar-refractivity contribution in [3.8, 4) is 0 Å². The molecule has 2 fully saturated rings. The summed E-state index contributed by atoms with van der Waals surface area (Å²) in [5.74, 6) is -1.73. The highest BCUT2D eigenvalue weighted by atomic mass is 32.2. The van der Waals surface area contributed by atoms with Crippen LogP contribution in [-0.4, -0.2) is 56.8 Å². The van der Waals surface area contributed by atoms with Crippen molar-refractivity contribution in [1.29, 1.82) is 0 Å². The minimum Gasteiger partial charge on any atom is -0.376 e. The SMILES string of the molecule is CC(=O)N1CCC[C@H](NS(C)(=O)=O)[C@@H]1COC1CCC(c2cccc(F)c2F)CC1. The number of nitrogens with zero attached hydrogens (tertiary/aromatic N) is 1. The minimum absolute atomic E-state index is 0.0383. The number of carbonyl (C=O) groups is 1. The highest BCUT2D eigenvalue weighted by Crippen LogP contribution is 2.36. The van der Waals surface area contributed by atoms with Gasteiger partial charge in [0.05, 0.1) is 25.0 Å². The molecule has 2 atom stereocenters. The maximum absolute atomic E-state index is 14.1. The van der Waals surface area contributed by atoms with E-state index in [1.54, 1.807) is 11.0 Å². The lowest BCUT2D eigenvalue weighted by Crippen LogP contribution is -2.58. The summed E-state index contributed by atoms with van der Waals surface area (Å²) in [5, 5.41) is 0. The zero-order chi connectivity index (χ0) is 21.9. The molecule has 3 rings (SSSR count). The smallest absolute Gasteiger partial charge is 0.219 e. The Hall–Kier alpha value is -1.58. The molecule has 0 aromatic heterocycles. The van der Waals surface area contributed by atoms with E-state index >= 15 is 0 Å². The van der Waals surface area contributed by atoms with Crippen LogP contribution in [0.1, 0.15) is 56.9 Å². The number of amides is 1. The van der Waals surface area contributed by atoms with E-state index in [1.807, 2.05) is 0 Å². The molecular formula is C21H30F2N2O4S. The van der Waals surface area contributed by atoms with Crippen LogP contribution in [0.4, 0.5) is 8.78 Å². The fourth-order valence-corrected chi connectivity index (χ4v) is 5.50. The predicted molar refractivity (Wildman–Crippen MR) is 109 cm³/mol. The first-order valence-corrected chi connectivity index (χ1v) is 12.3. The summed E-state index contributed by atoms with van der Waals surface area (Å²) in [6.45, 7) is 2.31. The van der Waals surface area contributed by atoms with Crippen LogP contribution in [0.2, 0.25) is 0 Å². The second-order valence-electron chi connectivity index (χ2n) is 8.37. The van der Waals surface area contributed by atoms with E-state index in [0.717, 1.165) is 18.7 Å². The van der Waals surface area contributed by atoms with Gasteiger partial charge in [-0.2, -0.15) is 0 Å². The molecule has 6 nitrogen and oxygen atoms in total. The zero-order valence-corrected chi connectivity index (χ0v) is 18.3. The second kappa shape index (κ2) is 9.70. The normalized spacial score (nSPS) is 27.8. The van der Waals surface area contributed by atoms with Crippen LogP contribution in [0.5, 0.6) is 0 Å². The van der Waals surface area contributed by atoms with Crippen molar-refractivity contribution < 1.29 is 26.7 Å². The van der Waals surface area contributed by atoms with E-state index in [1.165, 1.54) is 13.0 Å². The molecule has 1 aromatic rings. The monoisotopic (exact) mass is 444 g/mol. The number of sulfonamides is 1. The standard InChI is InChI=1S/C21H30F2N2O4S/c1-14(26)25-12-4-7-19(24-30(2,27)28)20(25)13-29-16-10-8-15(9-11-16)17-5-3-6-18(22)21(17)23/h3,5-6,15-16,19-20,24H,4,7-13H2,1-2H3/t15?,16?,19-,20-/m0/s1. The number of hydrogen-bond donors (Lipinski definition) is 1. The average Bonchev–Trinajstić information content (AvgIpc) is 2.68. The number of rotatable bonds is 6. The van der Waals surface area contributed by atoms with E-state index in [-0.39, 0.29) is 36.6 Å². The molecule has 0 bridgehead atoms. The van der Waals surface area contributed by atoms with E-state index in [4.69, 9.17) is 4.74 Å². The van der Waals surface area contributed by atoms with E-state index in [2.05, 4.69) is 4.72 Å². The maximum Gasteiger partial charge on any atom is 0.219 e. The summed E-state index contributed by atoms with van der Waals surface area (Å²) >= 11 is 0. The Morgan fingerprint density at radius 3 is 2.53 bits per heavy atom. The van der Waals surface area contributed by atoms with Crippen LogP contribution in [0.25, 0.3) is 0 Å². The molecule has 1 aliphatic carbocycles. The van der Waals surface area contributed by atoms with Gasteiger partial charge < -0.3 is 9.64 Å². The van der Waals surface area contributed by atoms with Crippen LogP contribution in [0.3, 0.4) is 0 Å². The molecule has 0 spiro atoms. The van der Waals surface area contributed by atoms with Gasteiger partial charge in [0.1, 0.15) is 0 Å². The van der Waals surface area contributed by atoms with Crippen LogP contribution in [0, 0.1) is 11.6 Å². The molecule has 0 radical (unpaired) electrons. The first-order chi connectivity index (χ1) is 14.2. The van der Waals surface area contributed by atoms with Crippen molar-refractivity contribution in [3.05, 3.63) is 35.4 Å². The molecule has 1 aromatic carbocycles. The first kappa shape index (κ1) is 23.1. The number of benzene rings is 1. The molecular weight excluding hydrogens is 414 g/mol. The van der Waals surface area contributed by atoms with Crippen LogP contribution >= 0.6 is 0 Å². The van der Waals surface area contributed by atoms with Gasteiger partial charge in [-0.3, -0.25) is 4.79 Å². The van der Waals surface area contributed by atoms with Gasteiger partial charge in [-0.25, -0.2) is 21.9 Å². The number of hydrogen-bond acceptors (Lipinski definition) is 4. The third-order valence-corrected chi connectivity index (χ3v) is 6.88. The second-order valence-corrected chi connectivity index (χ2v) is 10.1. The number of halogens is 2. The van der Waals surface area contributed by atoms with E-state index in [9.17, 15) is 22.0 Å². The molecule has 1 saturated carbocycles. The molecule has 1 N–H and O–H groups in total. The Morgan fingerprint density at radius 1 is 1.20 bits per heavy atom. The van der Waals surface area contributed by atoms with E-state index < -0.39 is 21.7 Å². The van der Waals surface area contributed by atoms with E-state index in [0.29, 0.717) is 44.2 Å². The van der Waals surface area contributed by atoms with Gasteiger partial charge in [-0.15, -0.1) is 0 Å². The van der Waals surface area contributed by atoms with Gasteiger partial charge in [0, 0.05) is 19.5 Å². The third-order valence-electron chi connectivity index (χ3n) is 6.15. The highest BCUT2D eigenvalue weighted by molar-refractivity contribution is 7.88. The zero-order valence-electron chi connectivity index (χ0n) is 17.4. The van der Waals surface area contributed by atoms with Crippen molar-refractivity contribution in [3.63, 3.8) is 0 Å². The summed E-state index contributed by atoms with van der Waals surface area (Å²) in [4.78, 5) is 13.7. The van der Waals surface area contributed by atoms with Gasteiger partial charge in [-0.05, 0) is 56.1 Å². The minimum atomic E-state index is -3.40. The van der Waals surface area contributed by atoms with Crippen molar-refractivity contribution >= 4 is 15.9 Å². The lowest BCUT2D eigenvalue weighted by Gasteiger charge is -2.41. The average molecular weight is 445 g/mol. The van der Waals surface area contributed by atoms with Crippen molar-refractivity contribution in [2.45, 2.75) is 69.6 Å². The highest BCUT2D eigenvalue weighted by Gasteiger charge is 2.36. The summed E-state index contributed by atoms with van der Waals surface area (Å²) < 4.78 is 59.8. The summed E-state index contributed by atoms with van der Waals surface area (Å²) in [5.41, 5.74) is 0.418. The Labute approximate surface area is 177 Å². The maximum atomic E-state index is 14.1. The van der Waals surface area contributed by atoms with Crippen molar-refractivity contribution in [2.24, 2.45) is 0 Å². The molecule has 2 aliphatic rings. The molecule has 9 heteroatoms. The number of piperidine rings is 1. The Kier molecular flexibility index (Phi) is 7.47. The first-order valence-electron chi connectivity index (χ1n) is 10.5. The van der Waals surface area contributed by atoms with Gasteiger partial charge in [0.15, 0.2) is 11.6 Å². The fraction of sp³-hybridized carbons (Fsp3) is 0.667. The third kappa shape index (κ3) is 5.76. The molecule has 1 aliphatic heterocycles. The summed E-state index contributed by atoms with van der Waals surface area (Å²) in [6, 6.07) is 3.56. The largest absolute Gasteiger partial charge is 0.376 e. The molecule has 30 heavy (non-hydrogen) atoms. The molecule has 0 unspecified atom stereocenters. The summed E-state index contributed by atoms with van der Waals surface area (Å²) in [6.07, 6.45) is 5.24. The van der Waals surface area contributed by atoms with Gasteiger partial charge in [-0.1, -0.05) is 12.1 Å². The lowest BCUT2D eigenvalue weighted by atomic mass is 9.82.